The van der Waals surface area contributed by atoms with E-state index in [1.165, 1.54) is 28.8 Å². The van der Waals surface area contributed by atoms with Gasteiger partial charge in [0.15, 0.2) is 8.32 Å². The number of fused-ring (bicyclic) bond motifs is 1. The Hall–Kier alpha value is -3.25. The maximum Gasteiger partial charge on any atom is 0.573 e. The smallest absolute Gasteiger partial charge is 0.412 e. The van der Waals surface area contributed by atoms with Crippen LogP contribution >= 0.6 is 0 Å². The normalized spacial score (nSPS) is 13.6. The summed E-state index contributed by atoms with van der Waals surface area (Å²) in [6, 6.07) is 7.31. The first kappa shape index (κ1) is 27.3. The zero-order chi connectivity index (χ0) is 27.1. The first-order valence-corrected chi connectivity index (χ1v) is 14.1. The topological polar surface area (TPSA) is 96.5 Å². The molecule has 0 saturated heterocycles. The predicted octanol–water partition coefficient (Wildman–Crippen LogP) is 6.33. The standard InChI is InChI=1S/C24H28F3N3O5Si/c1-15(16-8-7-9-17(12-16)35-24(25,26)27)29-20-11-10-19(30(32)33)18(22(20)28-13-21(29)31)14-34-36(5,6)23(2,3)4/h7-13,15H,14H2,1-6H3/t15-/m0/s1. The highest BCUT2D eigenvalue weighted by Gasteiger charge is 2.38. The minimum Gasteiger partial charge on any atom is -0.412 e. The number of nitrogens with zero attached hydrogens (tertiary/aromatic N) is 3. The van der Waals surface area contributed by atoms with Crippen molar-refractivity contribution in [2.75, 3.05) is 0 Å². The van der Waals surface area contributed by atoms with Gasteiger partial charge in [-0.15, -0.1) is 13.2 Å². The van der Waals surface area contributed by atoms with E-state index >= 15 is 0 Å². The minimum atomic E-state index is -4.86. The van der Waals surface area contributed by atoms with Crippen LogP contribution in [0, 0.1) is 10.1 Å². The summed E-state index contributed by atoms with van der Waals surface area (Å²) >= 11 is 0. The van der Waals surface area contributed by atoms with Crippen molar-refractivity contribution in [2.45, 2.75) is 64.8 Å². The number of aromatic nitrogens is 2. The van der Waals surface area contributed by atoms with E-state index < -0.39 is 37.0 Å². The lowest BCUT2D eigenvalue weighted by Gasteiger charge is -2.36. The van der Waals surface area contributed by atoms with Crippen molar-refractivity contribution in [3.63, 3.8) is 0 Å². The van der Waals surface area contributed by atoms with E-state index in [9.17, 15) is 28.1 Å². The second-order valence-corrected chi connectivity index (χ2v) is 14.8. The summed E-state index contributed by atoms with van der Waals surface area (Å²) in [6.45, 7) is 11.7. The van der Waals surface area contributed by atoms with Crippen molar-refractivity contribution in [3.05, 3.63) is 74.2 Å². The molecule has 0 spiro atoms. The second kappa shape index (κ2) is 9.66. The van der Waals surface area contributed by atoms with Crippen LogP contribution in [0.15, 0.2) is 47.4 Å². The number of alkyl halides is 3. The Balaban J connectivity index is 2.15. The van der Waals surface area contributed by atoms with Gasteiger partial charge in [0.2, 0.25) is 0 Å². The van der Waals surface area contributed by atoms with Crippen molar-refractivity contribution in [2.24, 2.45) is 0 Å². The van der Waals surface area contributed by atoms with Crippen LogP contribution in [0.1, 0.15) is 44.9 Å². The molecule has 1 heterocycles. The molecule has 1 aromatic heterocycles. The number of nitro benzene ring substituents is 1. The molecule has 0 unspecified atom stereocenters. The SMILES string of the molecule is C[C@@H](c1cccc(OC(F)(F)F)c1)n1c(=O)cnc2c(CO[Si](C)(C)C(C)(C)C)c([N+](=O)[O-])ccc21. The lowest BCUT2D eigenvalue weighted by Crippen LogP contribution is -2.40. The van der Waals surface area contributed by atoms with Crippen molar-refractivity contribution < 1.29 is 27.3 Å². The molecular weight excluding hydrogens is 495 g/mol. The Kier molecular flexibility index (Phi) is 7.33. The fourth-order valence-electron chi connectivity index (χ4n) is 3.55. The van der Waals surface area contributed by atoms with Crippen molar-refractivity contribution in [1.82, 2.24) is 9.55 Å². The summed E-state index contributed by atoms with van der Waals surface area (Å²) in [5, 5.41) is 11.7. The number of rotatable bonds is 7. The van der Waals surface area contributed by atoms with Crippen molar-refractivity contribution in [3.8, 4) is 5.75 Å². The highest BCUT2D eigenvalue weighted by Crippen LogP contribution is 2.38. The van der Waals surface area contributed by atoms with E-state index in [0.717, 1.165) is 12.3 Å². The van der Waals surface area contributed by atoms with Gasteiger partial charge in [0, 0.05) is 6.07 Å². The summed E-state index contributed by atoms with van der Waals surface area (Å²) in [6.07, 6.45) is -3.81. The maximum absolute atomic E-state index is 12.9. The first-order chi connectivity index (χ1) is 16.5. The highest BCUT2D eigenvalue weighted by molar-refractivity contribution is 6.74. The van der Waals surface area contributed by atoms with Crippen LogP contribution in [0.5, 0.6) is 5.75 Å². The van der Waals surface area contributed by atoms with Gasteiger partial charge in [-0.3, -0.25) is 19.5 Å². The van der Waals surface area contributed by atoms with Gasteiger partial charge in [0.05, 0.1) is 40.4 Å². The van der Waals surface area contributed by atoms with Gasteiger partial charge in [0.1, 0.15) is 5.75 Å². The largest absolute Gasteiger partial charge is 0.573 e. The van der Waals surface area contributed by atoms with Crippen LogP contribution in [-0.2, 0) is 11.0 Å². The van der Waals surface area contributed by atoms with Gasteiger partial charge in [-0.25, -0.2) is 4.98 Å². The zero-order valence-electron chi connectivity index (χ0n) is 20.8. The molecule has 0 bridgehead atoms. The number of halogens is 3. The van der Waals surface area contributed by atoms with E-state index in [1.807, 2.05) is 33.9 Å². The monoisotopic (exact) mass is 523 g/mol. The summed E-state index contributed by atoms with van der Waals surface area (Å²) < 4.78 is 49.7. The lowest BCUT2D eigenvalue weighted by atomic mass is 10.1. The van der Waals surface area contributed by atoms with E-state index in [1.54, 1.807) is 13.0 Å². The molecule has 3 aromatic rings. The molecule has 8 nitrogen and oxygen atoms in total. The molecule has 0 saturated carbocycles. The lowest BCUT2D eigenvalue weighted by molar-refractivity contribution is -0.385. The fourth-order valence-corrected chi connectivity index (χ4v) is 4.49. The fraction of sp³-hybridized carbons (Fsp3) is 0.417. The Morgan fingerprint density at radius 2 is 1.83 bits per heavy atom. The van der Waals surface area contributed by atoms with Crippen LogP contribution in [0.2, 0.25) is 18.1 Å². The number of nitro groups is 1. The van der Waals surface area contributed by atoms with Crippen molar-refractivity contribution >= 4 is 25.0 Å². The first-order valence-electron chi connectivity index (χ1n) is 11.2. The molecule has 194 valence electrons. The Labute approximate surface area is 207 Å². The highest BCUT2D eigenvalue weighted by atomic mass is 28.4. The molecule has 0 fully saturated rings. The minimum absolute atomic E-state index is 0.0708. The van der Waals surface area contributed by atoms with Crippen LogP contribution in [0.25, 0.3) is 11.0 Å². The third-order valence-corrected chi connectivity index (χ3v) is 11.1. The number of hydrogen-bond acceptors (Lipinski definition) is 6. The van der Waals surface area contributed by atoms with E-state index in [2.05, 4.69) is 9.72 Å². The summed E-state index contributed by atoms with van der Waals surface area (Å²) in [5.41, 5.74) is 0.434. The Morgan fingerprint density at radius 1 is 1.17 bits per heavy atom. The van der Waals surface area contributed by atoms with Crippen molar-refractivity contribution in [1.29, 1.82) is 0 Å². The van der Waals surface area contributed by atoms with E-state index in [-0.39, 0.29) is 28.4 Å². The molecule has 3 rings (SSSR count). The second-order valence-electron chi connectivity index (χ2n) is 10.00. The molecule has 12 heteroatoms. The molecule has 2 aromatic carbocycles. The van der Waals surface area contributed by atoms with Crippen LogP contribution in [0.3, 0.4) is 0 Å². The number of benzene rings is 2. The van der Waals surface area contributed by atoms with E-state index in [4.69, 9.17) is 4.43 Å². The zero-order valence-corrected chi connectivity index (χ0v) is 21.8. The summed E-state index contributed by atoms with van der Waals surface area (Å²) in [7, 11) is -2.28. The Morgan fingerprint density at radius 3 is 2.42 bits per heavy atom. The molecule has 36 heavy (non-hydrogen) atoms. The summed E-state index contributed by atoms with van der Waals surface area (Å²) in [5.74, 6) is -0.419. The molecule has 0 radical (unpaired) electrons. The van der Waals surface area contributed by atoms with Crippen LogP contribution < -0.4 is 10.3 Å². The van der Waals surface area contributed by atoms with Gasteiger partial charge < -0.3 is 9.16 Å². The van der Waals surface area contributed by atoms with Gasteiger partial charge in [-0.2, -0.15) is 0 Å². The third kappa shape index (κ3) is 5.76. The number of hydrogen-bond donors (Lipinski definition) is 0. The predicted molar refractivity (Wildman–Crippen MR) is 132 cm³/mol. The quantitative estimate of drug-likeness (QED) is 0.204. The molecule has 0 amide bonds. The van der Waals surface area contributed by atoms with Gasteiger partial charge >= 0.3 is 6.36 Å². The Bertz CT molecular complexity index is 1350. The molecule has 0 aliphatic carbocycles. The van der Waals surface area contributed by atoms with Gasteiger partial charge in [0.25, 0.3) is 11.2 Å². The van der Waals surface area contributed by atoms with E-state index in [0.29, 0.717) is 11.1 Å². The van der Waals surface area contributed by atoms with Crippen LogP contribution in [-0.4, -0.2) is 29.2 Å². The third-order valence-electron chi connectivity index (χ3n) is 6.58. The molecule has 0 aliphatic rings. The van der Waals surface area contributed by atoms with Gasteiger partial charge in [-0.1, -0.05) is 32.9 Å². The average molecular weight is 524 g/mol. The maximum atomic E-state index is 12.9. The molecular formula is C24H28F3N3O5Si. The van der Waals surface area contributed by atoms with Gasteiger partial charge in [-0.05, 0) is 48.8 Å². The van der Waals surface area contributed by atoms with Crippen LogP contribution in [0.4, 0.5) is 18.9 Å². The number of ether oxygens (including phenoxy) is 1. The molecule has 0 N–H and O–H groups in total. The summed E-state index contributed by atoms with van der Waals surface area (Å²) in [4.78, 5) is 28.4. The molecule has 0 aliphatic heterocycles. The molecule has 1 atom stereocenters. The average Bonchev–Trinajstić information content (AvgIpc) is 2.74.